The third-order valence-electron chi connectivity index (χ3n) is 15.7. The summed E-state index contributed by atoms with van der Waals surface area (Å²) < 4.78 is 17.0. The molecule has 0 aromatic heterocycles. The minimum absolute atomic E-state index is 0.0745. The van der Waals surface area contributed by atoms with E-state index in [4.69, 9.17) is 14.2 Å². The molecule has 0 bridgehead atoms. The molecule has 0 aromatic rings. The molecule has 0 aromatic carbocycles. The zero-order chi connectivity index (χ0) is 58.5. The topological polar surface area (TPSA) is 78.9 Å². The fourth-order valence-corrected chi connectivity index (χ4v) is 10.4. The van der Waals surface area contributed by atoms with Crippen molar-refractivity contribution in [1.29, 1.82) is 0 Å². The molecule has 1 atom stereocenters. The number of ether oxygens (including phenoxy) is 3. The van der Waals surface area contributed by atoms with Crippen molar-refractivity contribution < 1.29 is 28.6 Å². The van der Waals surface area contributed by atoms with Gasteiger partial charge in [-0.3, -0.25) is 14.4 Å². The third-order valence-corrected chi connectivity index (χ3v) is 15.7. The Balaban J connectivity index is 4.18. The molecule has 0 fully saturated rings. The minimum atomic E-state index is -0.778. The quantitative estimate of drug-likeness (QED) is 0.0261. The summed E-state index contributed by atoms with van der Waals surface area (Å²) in [5.74, 6) is -0.865. The average Bonchev–Trinajstić information content (AvgIpc) is 3.47. The molecule has 0 N–H and O–H groups in total. The van der Waals surface area contributed by atoms with Gasteiger partial charge in [0.1, 0.15) is 13.2 Å². The highest BCUT2D eigenvalue weighted by molar-refractivity contribution is 5.71. The molecule has 0 aliphatic heterocycles. The fourth-order valence-electron chi connectivity index (χ4n) is 10.4. The van der Waals surface area contributed by atoms with Gasteiger partial charge in [0.2, 0.25) is 0 Å². The normalized spacial score (nSPS) is 12.5. The number of hydrogen-bond donors (Lipinski definition) is 0. The van der Waals surface area contributed by atoms with E-state index < -0.39 is 6.10 Å². The molecule has 0 rings (SSSR count). The summed E-state index contributed by atoms with van der Waals surface area (Å²) in [6, 6.07) is 0. The lowest BCUT2D eigenvalue weighted by Crippen LogP contribution is -2.30. The Kier molecular flexibility index (Phi) is 66.6. The van der Waals surface area contributed by atoms with Gasteiger partial charge in [-0.25, -0.2) is 0 Å². The second-order valence-electron chi connectivity index (χ2n) is 23.8. The van der Waals surface area contributed by atoms with Gasteiger partial charge in [0.25, 0.3) is 0 Å². The van der Waals surface area contributed by atoms with Crippen LogP contribution in [0.2, 0.25) is 0 Å². The van der Waals surface area contributed by atoms with Gasteiger partial charge in [-0.15, -0.1) is 0 Å². The summed E-state index contributed by atoms with van der Waals surface area (Å²) in [4.78, 5) is 38.4. The highest BCUT2D eigenvalue weighted by atomic mass is 16.6. The number of hydrogen-bond acceptors (Lipinski definition) is 6. The Hall–Kier alpha value is -3.15. The number of carbonyl (C=O) groups excluding carboxylic acids is 3. The summed E-state index contributed by atoms with van der Waals surface area (Å²) >= 11 is 0. The summed E-state index contributed by atoms with van der Waals surface area (Å²) in [6.45, 7) is 6.53. The third kappa shape index (κ3) is 67.5. The number of allylic oxidation sites excluding steroid dienone is 12. The predicted molar refractivity (Wildman–Crippen MR) is 353 cm³/mol. The van der Waals surface area contributed by atoms with E-state index in [1.54, 1.807) is 0 Å². The van der Waals surface area contributed by atoms with E-state index in [0.717, 1.165) is 89.9 Å². The van der Waals surface area contributed by atoms with E-state index in [0.29, 0.717) is 19.3 Å². The smallest absolute Gasteiger partial charge is 0.306 e. The zero-order valence-corrected chi connectivity index (χ0v) is 54.1. The van der Waals surface area contributed by atoms with Gasteiger partial charge in [0, 0.05) is 19.3 Å². The van der Waals surface area contributed by atoms with Crippen LogP contribution in [0.5, 0.6) is 0 Å². The maximum atomic E-state index is 12.9. The van der Waals surface area contributed by atoms with Crippen molar-refractivity contribution in [1.82, 2.24) is 0 Å². The lowest BCUT2D eigenvalue weighted by atomic mass is 10.0. The molecule has 0 radical (unpaired) electrons. The SMILES string of the molecule is CC/C=C\C/C=C\C/C=C\C/C=C\CCCCCCCCCCCCCCCCCCC(=O)OCC(COC(=O)CCCCCCC/C=C\CCCC)OC(=O)CCCCCCCCCCCCC/C=C\CCCCCCCCCC. The van der Waals surface area contributed by atoms with Crippen LogP contribution in [0.25, 0.3) is 0 Å². The lowest BCUT2D eigenvalue weighted by Gasteiger charge is -2.18. The summed E-state index contributed by atoms with van der Waals surface area (Å²) in [7, 11) is 0. The van der Waals surface area contributed by atoms with Crippen molar-refractivity contribution in [2.45, 2.75) is 374 Å². The monoisotopic (exact) mass is 1130 g/mol. The molecule has 470 valence electrons. The molecule has 0 heterocycles. The Morgan fingerprint density at radius 2 is 0.494 bits per heavy atom. The molecule has 0 aliphatic carbocycles. The first-order chi connectivity index (χ1) is 40.0. The van der Waals surface area contributed by atoms with Crippen LogP contribution in [0.15, 0.2) is 72.9 Å². The minimum Gasteiger partial charge on any atom is -0.462 e. The van der Waals surface area contributed by atoms with Crippen molar-refractivity contribution in [3.8, 4) is 0 Å². The van der Waals surface area contributed by atoms with Crippen LogP contribution >= 0.6 is 0 Å². The number of carbonyl (C=O) groups is 3. The van der Waals surface area contributed by atoms with Crippen LogP contribution in [0.1, 0.15) is 367 Å². The molecule has 6 heteroatoms. The molecule has 0 amide bonds. The van der Waals surface area contributed by atoms with Crippen molar-refractivity contribution >= 4 is 17.9 Å². The second kappa shape index (κ2) is 69.3. The first kappa shape index (κ1) is 77.9. The summed E-state index contributed by atoms with van der Waals surface area (Å²) in [6.07, 6.45) is 90.8. The largest absolute Gasteiger partial charge is 0.462 e. The molecule has 1 unspecified atom stereocenters. The predicted octanol–water partition coefficient (Wildman–Crippen LogP) is 24.4. The van der Waals surface area contributed by atoms with Crippen molar-refractivity contribution in [2.75, 3.05) is 13.2 Å². The Morgan fingerprint density at radius 1 is 0.259 bits per heavy atom. The van der Waals surface area contributed by atoms with Gasteiger partial charge in [-0.05, 0) is 103 Å². The zero-order valence-electron chi connectivity index (χ0n) is 54.1. The van der Waals surface area contributed by atoms with Gasteiger partial charge in [-0.1, -0.05) is 318 Å². The highest BCUT2D eigenvalue weighted by Crippen LogP contribution is 2.18. The standard InChI is InChI=1S/C75H134O6/c1-4-7-10-13-16-19-22-24-26-28-30-32-34-35-36-37-38-39-41-42-44-46-48-50-53-56-59-62-65-68-74(77)80-71-72(70-79-73(76)67-64-61-58-55-52-21-18-15-12-9-6-3)81-75(78)69-66-63-60-57-54-51-49-47-45-43-40-33-31-29-27-25-23-20-17-14-11-8-5-2/h7,10,15-16,18-19,24,26,29-32,72H,4-6,8-9,11-14,17,20-23,25,27-28,33-71H2,1-3H3/b10-7-,18-15-,19-16-,26-24-,31-29-,32-30-. The van der Waals surface area contributed by atoms with Gasteiger partial charge >= 0.3 is 17.9 Å². The van der Waals surface area contributed by atoms with Crippen LogP contribution in [0, 0.1) is 0 Å². The first-order valence-corrected chi connectivity index (χ1v) is 35.4. The molecular formula is C75H134O6. The number of esters is 3. The first-order valence-electron chi connectivity index (χ1n) is 35.4. The molecule has 0 saturated heterocycles. The van der Waals surface area contributed by atoms with E-state index in [1.807, 2.05) is 0 Å². The van der Waals surface area contributed by atoms with Crippen LogP contribution in [-0.4, -0.2) is 37.2 Å². The molecule has 0 spiro atoms. The van der Waals surface area contributed by atoms with E-state index in [1.165, 1.54) is 238 Å². The molecule has 0 saturated carbocycles. The Morgan fingerprint density at radius 3 is 0.802 bits per heavy atom. The van der Waals surface area contributed by atoms with Crippen molar-refractivity contribution in [3.63, 3.8) is 0 Å². The van der Waals surface area contributed by atoms with Crippen LogP contribution < -0.4 is 0 Å². The lowest BCUT2D eigenvalue weighted by molar-refractivity contribution is -0.167. The van der Waals surface area contributed by atoms with E-state index >= 15 is 0 Å². The van der Waals surface area contributed by atoms with Crippen LogP contribution in [0.3, 0.4) is 0 Å². The van der Waals surface area contributed by atoms with Gasteiger partial charge in [0.05, 0.1) is 0 Å². The summed E-state index contributed by atoms with van der Waals surface area (Å²) in [5, 5.41) is 0. The van der Waals surface area contributed by atoms with Crippen molar-refractivity contribution in [2.24, 2.45) is 0 Å². The molecule has 6 nitrogen and oxygen atoms in total. The average molecular weight is 1130 g/mol. The van der Waals surface area contributed by atoms with Crippen LogP contribution in [-0.2, 0) is 28.6 Å². The maximum Gasteiger partial charge on any atom is 0.306 e. The molecule has 81 heavy (non-hydrogen) atoms. The van der Waals surface area contributed by atoms with E-state index in [-0.39, 0.29) is 31.1 Å². The number of rotatable bonds is 65. The van der Waals surface area contributed by atoms with Crippen molar-refractivity contribution in [3.05, 3.63) is 72.9 Å². The fraction of sp³-hybridized carbons (Fsp3) is 0.800. The van der Waals surface area contributed by atoms with Gasteiger partial charge in [-0.2, -0.15) is 0 Å². The number of unbranched alkanes of at least 4 members (excludes halogenated alkanes) is 42. The highest BCUT2D eigenvalue weighted by Gasteiger charge is 2.19. The molecular weight excluding hydrogens is 997 g/mol. The van der Waals surface area contributed by atoms with Gasteiger partial charge in [0.15, 0.2) is 6.10 Å². The van der Waals surface area contributed by atoms with Gasteiger partial charge < -0.3 is 14.2 Å². The van der Waals surface area contributed by atoms with Crippen LogP contribution in [0.4, 0.5) is 0 Å². The van der Waals surface area contributed by atoms with E-state index in [9.17, 15) is 14.4 Å². The Bertz CT molecular complexity index is 1490. The maximum absolute atomic E-state index is 12.9. The van der Waals surface area contributed by atoms with E-state index in [2.05, 4.69) is 93.7 Å². The Labute approximate surface area is 503 Å². The second-order valence-corrected chi connectivity index (χ2v) is 23.8. The summed E-state index contributed by atoms with van der Waals surface area (Å²) in [5.41, 5.74) is 0. The molecule has 0 aliphatic rings.